The van der Waals surface area contributed by atoms with E-state index < -0.39 is 6.04 Å². The number of hydrogen-bond donors (Lipinski definition) is 2. The zero-order valence-electron chi connectivity index (χ0n) is 13.6. The molecule has 0 aromatic heterocycles. The van der Waals surface area contributed by atoms with Crippen LogP contribution in [0.4, 0.5) is 5.69 Å². The second-order valence-electron chi connectivity index (χ2n) is 5.45. The highest BCUT2D eigenvalue weighted by atomic mass is 32.2. The van der Waals surface area contributed by atoms with Gasteiger partial charge in [-0.05, 0) is 49.7 Å². The lowest BCUT2D eigenvalue weighted by atomic mass is 10.2. The van der Waals surface area contributed by atoms with Crippen molar-refractivity contribution in [2.24, 2.45) is 5.73 Å². The van der Waals surface area contributed by atoms with E-state index in [2.05, 4.69) is 37.4 Å². The van der Waals surface area contributed by atoms with Crippen molar-refractivity contribution in [3.05, 3.63) is 53.6 Å². The lowest BCUT2D eigenvalue weighted by Gasteiger charge is -2.12. The first-order chi connectivity index (χ1) is 11.0. The molecule has 1 amide bonds. The van der Waals surface area contributed by atoms with Crippen LogP contribution in [0.15, 0.2) is 52.3 Å². The highest BCUT2D eigenvalue weighted by Gasteiger charge is 2.13. The topological polar surface area (TPSA) is 64.3 Å². The molecule has 4 nitrogen and oxygen atoms in total. The number of methoxy groups -OCH3 is 1. The minimum Gasteiger partial charge on any atom is -0.383 e. The second-order valence-corrected chi connectivity index (χ2v) is 6.56. The van der Waals surface area contributed by atoms with Gasteiger partial charge in [-0.25, -0.2) is 0 Å². The number of amides is 1. The normalized spacial score (nSPS) is 12.0. The number of anilines is 1. The number of nitrogens with two attached hydrogens (primary N) is 1. The number of nitrogens with one attached hydrogen (secondary N) is 1. The fourth-order valence-electron chi connectivity index (χ4n) is 2.14. The summed E-state index contributed by atoms with van der Waals surface area (Å²) in [6.45, 7) is 4.40. The number of ether oxygens (including phenoxy) is 1. The number of benzene rings is 2. The van der Waals surface area contributed by atoms with Crippen molar-refractivity contribution in [3.63, 3.8) is 0 Å². The first-order valence-corrected chi connectivity index (χ1v) is 8.22. The SMILES string of the molecule is COCC(N)C(=O)Nc1ccc(Sc2ccc(C)cc2C)cc1. The molecule has 0 saturated heterocycles. The molecule has 0 spiro atoms. The summed E-state index contributed by atoms with van der Waals surface area (Å²) in [5.41, 5.74) is 8.95. The maximum absolute atomic E-state index is 11.8. The minimum atomic E-state index is -0.663. The maximum atomic E-state index is 11.8. The Kier molecular flexibility index (Phi) is 6.21. The smallest absolute Gasteiger partial charge is 0.243 e. The van der Waals surface area contributed by atoms with Crippen molar-refractivity contribution in [2.75, 3.05) is 19.0 Å². The van der Waals surface area contributed by atoms with Crippen LogP contribution in [0.2, 0.25) is 0 Å². The highest BCUT2D eigenvalue weighted by Crippen LogP contribution is 2.31. The predicted octanol–water partition coefficient (Wildman–Crippen LogP) is 3.37. The third-order valence-corrected chi connectivity index (χ3v) is 4.55. The summed E-state index contributed by atoms with van der Waals surface area (Å²) < 4.78 is 4.88. The van der Waals surface area contributed by atoms with Crippen molar-refractivity contribution >= 4 is 23.4 Å². The summed E-state index contributed by atoms with van der Waals surface area (Å²) in [5.74, 6) is -0.248. The molecule has 0 radical (unpaired) electrons. The molecule has 0 heterocycles. The Morgan fingerprint density at radius 1 is 1.22 bits per heavy atom. The van der Waals surface area contributed by atoms with Gasteiger partial charge in [0, 0.05) is 22.6 Å². The summed E-state index contributed by atoms with van der Waals surface area (Å²) in [6.07, 6.45) is 0. The lowest BCUT2D eigenvalue weighted by Crippen LogP contribution is -2.39. The first kappa shape index (κ1) is 17.5. The molecule has 3 N–H and O–H groups in total. The molecule has 0 bridgehead atoms. The molecule has 2 aromatic rings. The number of carbonyl (C=O) groups is 1. The van der Waals surface area contributed by atoms with E-state index in [0.29, 0.717) is 0 Å². The van der Waals surface area contributed by atoms with E-state index in [1.165, 1.54) is 23.1 Å². The Hall–Kier alpha value is -1.82. The summed E-state index contributed by atoms with van der Waals surface area (Å²) >= 11 is 1.71. The van der Waals surface area contributed by atoms with E-state index in [-0.39, 0.29) is 12.5 Å². The molecular weight excluding hydrogens is 308 g/mol. The fraction of sp³-hybridized carbons (Fsp3) is 0.278. The number of carbonyl (C=O) groups excluding carboxylic acids is 1. The van der Waals surface area contributed by atoms with Gasteiger partial charge in [0.25, 0.3) is 0 Å². The molecule has 2 aromatic carbocycles. The Balaban J connectivity index is 2.00. The molecule has 0 saturated carbocycles. The molecule has 0 aliphatic heterocycles. The number of rotatable bonds is 6. The van der Waals surface area contributed by atoms with Crippen LogP contribution in [0.3, 0.4) is 0 Å². The monoisotopic (exact) mass is 330 g/mol. The molecule has 1 unspecified atom stereocenters. The van der Waals surface area contributed by atoms with Gasteiger partial charge >= 0.3 is 0 Å². The lowest BCUT2D eigenvalue weighted by molar-refractivity contribution is -0.118. The Morgan fingerprint density at radius 3 is 2.52 bits per heavy atom. The van der Waals surface area contributed by atoms with E-state index in [4.69, 9.17) is 10.5 Å². The van der Waals surface area contributed by atoms with Gasteiger partial charge in [0.1, 0.15) is 6.04 Å². The predicted molar refractivity (Wildman–Crippen MR) is 95.0 cm³/mol. The number of aryl methyl sites for hydroxylation is 2. The fourth-order valence-corrected chi connectivity index (χ4v) is 3.02. The molecule has 5 heteroatoms. The van der Waals surface area contributed by atoms with Gasteiger partial charge in [-0.3, -0.25) is 4.79 Å². The first-order valence-electron chi connectivity index (χ1n) is 7.40. The molecular formula is C18H22N2O2S. The van der Waals surface area contributed by atoms with Crippen LogP contribution in [0.1, 0.15) is 11.1 Å². The molecule has 0 aliphatic rings. The Morgan fingerprint density at radius 2 is 1.91 bits per heavy atom. The van der Waals surface area contributed by atoms with Crippen LogP contribution in [0.25, 0.3) is 0 Å². The van der Waals surface area contributed by atoms with E-state index in [1.807, 2.05) is 24.3 Å². The zero-order chi connectivity index (χ0) is 16.8. The quantitative estimate of drug-likeness (QED) is 0.852. The summed E-state index contributed by atoms with van der Waals surface area (Å²) in [4.78, 5) is 14.2. The average Bonchev–Trinajstić information content (AvgIpc) is 2.52. The highest BCUT2D eigenvalue weighted by molar-refractivity contribution is 7.99. The summed E-state index contributed by atoms with van der Waals surface area (Å²) in [5, 5.41) is 2.78. The standard InChI is InChI=1S/C18H22N2O2S/c1-12-4-9-17(13(2)10-12)23-15-7-5-14(6-8-15)20-18(21)16(19)11-22-3/h4-10,16H,11,19H2,1-3H3,(H,20,21). The summed E-state index contributed by atoms with van der Waals surface area (Å²) in [7, 11) is 1.52. The third kappa shape index (κ3) is 5.10. The van der Waals surface area contributed by atoms with Gasteiger partial charge in [0.2, 0.25) is 5.91 Å². The molecule has 2 rings (SSSR count). The zero-order valence-corrected chi connectivity index (χ0v) is 14.4. The Bertz CT molecular complexity index is 671. The molecule has 0 fully saturated rings. The van der Waals surface area contributed by atoms with E-state index in [9.17, 15) is 4.79 Å². The van der Waals surface area contributed by atoms with E-state index in [0.717, 1.165) is 10.6 Å². The maximum Gasteiger partial charge on any atom is 0.243 e. The molecule has 0 aliphatic carbocycles. The second kappa shape index (κ2) is 8.15. The average molecular weight is 330 g/mol. The van der Waals surface area contributed by atoms with Crippen molar-refractivity contribution in [2.45, 2.75) is 29.7 Å². The van der Waals surface area contributed by atoms with Crippen molar-refractivity contribution in [1.82, 2.24) is 0 Å². The Labute approximate surface area is 141 Å². The third-order valence-electron chi connectivity index (χ3n) is 3.36. The van der Waals surface area contributed by atoms with Gasteiger partial charge in [0.15, 0.2) is 0 Å². The van der Waals surface area contributed by atoms with Crippen LogP contribution < -0.4 is 11.1 Å². The van der Waals surface area contributed by atoms with Gasteiger partial charge in [-0.2, -0.15) is 0 Å². The van der Waals surface area contributed by atoms with Gasteiger partial charge < -0.3 is 15.8 Å². The van der Waals surface area contributed by atoms with Crippen LogP contribution in [0, 0.1) is 13.8 Å². The van der Waals surface area contributed by atoms with Crippen molar-refractivity contribution in [3.8, 4) is 0 Å². The minimum absolute atomic E-state index is 0.201. The van der Waals surface area contributed by atoms with Gasteiger partial charge in [0.05, 0.1) is 6.61 Å². The van der Waals surface area contributed by atoms with Crippen LogP contribution in [0.5, 0.6) is 0 Å². The molecule has 122 valence electrons. The van der Waals surface area contributed by atoms with E-state index >= 15 is 0 Å². The van der Waals surface area contributed by atoms with E-state index in [1.54, 1.807) is 11.8 Å². The van der Waals surface area contributed by atoms with Crippen LogP contribution >= 0.6 is 11.8 Å². The summed E-state index contributed by atoms with van der Waals surface area (Å²) in [6, 6.07) is 13.5. The van der Waals surface area contributed by atoms with Crippen molar-refractivity contribution < 1.29 is 9.53 Å². The van der Waals surface area contributed by atoms with Gasteiger partial charge in [-0.15, -0.1) is 0 Å². The van der Waals surface area contributed by atoms with Crippen LogP contribution in [-0.4, -0.2) is 25.7 Å². The van der Waals surface area contributed by atoms with Gasteiger partial charge in [-0.1, -0.05) is 29.5 Å². The molecule has 1 atom stereocenters. The number of hydrogen-bond acceptors (Lipinski definition) is 4. The largest absolute Gasteiger partial charge is 0.383 e. The van der Waals surface area contributed by atoms with Crippen molar-refractivity contribution in [1.29, 1.82) is 0 Å². The molecule has 23 heavy (non-hydrogen) atoms. The van der Waals surface area contributed by atoms with Crippen LogP contribution in [-0.2, 0) is 9.53 Å².